The van der Waals surface area contributed by atoms with E-state index in [2.05, 4.69) is 4.74 Å². The third kappa shape index (κ3) is 4.27. The minimum Gasteiger partial charge on any atom is -0.468 e. The molecule has 0 aromatic heterocycles. The Kier molecular flexibility index (Phi) is 4.83. The standard InChI is InChI=1S/C7H12O.C3H6O2/c1-2-4-8-7-5-6(7)3-1;1-2-5-3-4/h6-7H,1-5H2;3H,2H2,1H3. The number of hydrogen-bond donors (Lipinski definition) is 0. The van der Waals surface area contributed by atoms with Gasteiger partial charge in [0.05, 0.1) is 12.7 Å². The number of ether oxygens (including phenoxy) is 2. The highest BCUT2D eigenvalue weighted by atomic mass is 16.5. The molecule has 0 aromatic carbocycles. The van der Waals surface area contributed by atoms with E-state index in [-0.39, 0.29) is 0 Å². The smallest absolute Gasteiger partial charge is 0.293 e. The Labute approximate surface area is 79.4 Å². The highest BCUT2D eigenvalue weighted by Gasteiger charge is 2.38. The molecule has 13 heavy (non-hydrogen) atoms. The van der Waals surface area contributed by atoms with Crippen molar-refractivity contribution in [2.24, 2.45) is 5.92 Å². The minimum atomic E-state index is 0.431. The van der Waals surface area contributed by atoms with Gasteiger partial charge in [0.2, 0.25) is 0 Å². The van der Waals surface area contributed by atoms with Gasteiger partial charge in [0.15, 0.2) is 0 Å². The van der Waals surface area contributed by atoms with Crippen LogP contribution in [0.3, 0.4) is 0 Å². The summed E-state index contributed by atoms with van der Waals surface area (Å²) in [7, 11) is 0. The second-order valence-electron chi connectivity index (χ2n) is 3.45. The summed E-state index contributed by atoms with van der Waals surface area (Å²) in [6.07, 6.45) is 6.19. The SMILES string of the molecule is C1CCC2CC2OC1.CCOC=O. The van der Waals surface area contributed by atoms with Crippen molar-refractivity contribution in [1.29, 1.82) is 0 Å². The monoisotopic (exact) mass is 186 g/mol. The van der Waals surface area contributed by atoms with Gasteiger partial charge in [-0.1, -0.05) is 6.42 Å². The maximum Gasteiger partial charge on any atom is 0.293 e. The van der Waals surface area contributed by atoms with Crippen molar-refractivity contribution in [2.75, 3.05) is 13.2 Å². The maximum absolute atomic E-state index is 9.18. The topological polar surface area (TPSA) is 35.5 Å². The summed E-state index contributed by atoms with van der Waals surface area (Å²) in [5.74, 6) is 0.970. The van der Waals surface area contributed by atoms with Crippen LogP contribution in [-0.4, -0.2) is 25.8 Å². The van der Waals surface area contributed by atoms with E-state index in [1.54, 1.807) is 6.92 Å². The molecule has 0 aromatic rings. The normalized spacial score (nSPS) is 30.2. The van der Waals surface area contributed by atoms with Gasteiger partial charge in [-0.25, -0.2) is 0 Å². The van der Waals surface area contributed by atoms with E-state index in [1.165, 1.54) is 25.7 Å². The van der Waals surface area contributed by atoms with Crippen molar-refractivity contribution in [1.82, 2.24) is 0 Å². The number of rotatable bonds is 2. The summed E-state index contributed by atoms with van der Waals surface area (Å²) >= 11 is 0. The van der Waals surface area contributed by atoms with Crippen LogP contribution in [0, 0.1) is 5.92 Å². The number of carbonyl (C=O) groups is 1. The molecule has 2 rings (SSSR count). The quantitative estimate of drug-likeness (QED) is 0.616. The second-order valence-corrected chi connectivity index (χ2v) is 3.45. The molecule has 3 heteroatoms. The lowest BCUT2D eigenvalue weighted by Crippen LogP contribution is -1.93. The Hall–Kier alpha value is -0.570. The Morgan fingerprint density at radius 1 is 1.54 bits per heavy atom. The van der Waals surface area contributed by atoms with E-state index in [1.807, 2.05) is 0 Å². The first kappa shape index (κ1) is 10.5. The van der Waals surface area contributed by atoms with Gasteiger partial charge in [-0.3, -0.25) is 4.79 Å². The second kappa shape index (κ2) is 5.97. The van der Waals surface area contributed by atoms with Crippen molar-refractivity contribution in [3.05, 3.63) is 0 Å². The van der Waals surface area contributed by atoms with E-state index >= 15 is 0 Å². The van der Waals surface area contributed by atoms with E-state index < -0.39 is 0 Å². The fraction of sp³-hybridized carbons (Fsp3) is 0.900. The van der Waals surface area contributed by atoms with Crippen LogP contribution in [0.15, 0.2) is 0 Å². The molecular formula is C10H18O3. The Morgan fingerprint density at radius 3 is 3.00 bits per heavy atom. The highest BCUT2D eigenvalue weighted by Crippen LogP contribution is 2.39. The molecule has 1 aliphatic carbocycles. The van der Waals surface area contributed by atoms with Gasteiger partial charge in [-0.2, -0.15) is 0 Å². The maximum atomic E-state index is 9.18. The zero-order chi connectivity index (χ0) is 9.52. The average molecular weight is 186 g/mol. The molecular weight excluding hydrogens is 168 g/mol. The van der Waals surface area contributed by atoms with E-state index in [0.717, 1.165) is 12.5 Å². The number of hydrogen-bond acceptors (Lipinski definition) is 3. The van der Waals surface area contributed by atoms with Crippen molar-refractivity contribution >= 4 is 6.47 Å². The van der Waals surface area contributed by atoms with Gasteiger partial charge >= 0.3 is 0 Å². The van der Waals surface area contributed by atoms with Gasteiger partial charge in [-0.05, 0) is 32.1 Å². The Bertz CT molecular complexity index is 137. The lowest BCUT2D eigenvalue weighted by atomic mass is 10.2. The number of carbonyl (C=O) groups excluding carboxylic acids is 1. The Balaban J connectivity index is 0.000000149. The first-order valence-corrected chi connectivity index (χ1v) is 5.05. The Morgan fingerprint density at radius 2 is 2.38 bits per heavy atom. The van der Waals surface area contributed by atoms with E-state index in [0.29, 0.717) is 19.2 Å². The van der Waals surface area contributed by atoms with Crippen LogP contribution in [0.1, 0.15) is 32.6 Å². The van der Waals surface area contributed by atoms with Crippen LogP contribution in [0.4, 0.5) is 0 Å². The third-order valence-electron chi connectivity index (χ3n) is 2.39. The summed E-state index contributed by atoms with van der Waals surface area (Å²) < 4.78 is 9.63. The largest absolute Gasteiger partial charge is 0.468 e. The fourth-order valence-electron chi connectivity index (χ4n) is 1.54. The zero-order valence-corrected chi connectivity index (χ0v) is 8.20. The van der Waals surface area contributed by atoms with Gasteiger partial charge in [0, 0.05) is 6.61 Å². The van der Waals surface area contributed by atoms with Gasteiger partial charge in [-0.15, -0.1) is 0 Å². The predicted octanol–water partition coefficient (Wildman–Crippen LogP) is 1.75. The summed E-state index contributed by atoms with van der Waals surface area (Å²) in [4.78, 5) is 9.18. The summed E-state index contributed by atoms with van der Waals surface area (Å²) in [5, 5.41) is 0. The van der Waals surface area contributed by atoms with Crippen molar-refractivity contribution in [3.8, 4) is 0 Å². The van der Waals surface area contributed by atoms with Crippen molar-refractivity contribution in [2.45, 2.75) is 38.7 Å². The van der Waals surface area contributed by atoms with Crippen molar-refractivity contribution in [3.63, 3.8) is 0 Å². The highest BCUT2D eigenvalue weighted by molar-refractivity contribution is 5.36. The zero-order valence-electron chi connectivity index (χ0n) is 8.20. The van der Waals surface area contributed by atoms with Crippen LogP contribution >= 0.6 is 0 Å². The van der Waals surface area contributed by atoms with Gasteiger partial charge in [0.25, 0.3) is 6.47 Å². The minimum absolute atomic E-state index is 0.431. The first-order valence-electron chi connectivity index (χ1n) is 5.05. The van der Waals surface area contributed by atoms with E-state index in [4.69, 9.17) is 4.74 Å². The molecule has 2 unspecified atom stereocenters. The summed E-state index contributed by atoms with van der Waals surface area (Å²) in [6, 6.07) is 0. The van der Waals surface area contributed by atoms with Gasteiger partial charge in [0.1, 0.15) is 0 Å². The fourth-order valence-corrected chi connectivity index (χ4v) is 1.54. The lowest BCUT2D eigenvalue weighted by Gasteiger charge is -1.94. The molecule has 3 nitrogen and oxygen atoms in total. The third-order valence-corrected chi connectivity index (χ3v) is 2.39. The molecule has 0 N–H and O–H groups in total. The molecule has 2 aliphatic rings. The average Bonchev–Trinajstić information content (AvgIpc) is 2.82. The molecule has 1 saturated carbocycles. The van der Waals surface area contributed by atoms with Crippen LogP contribution < -0.4 is 0 Å². The molecule has 2 atom stereocenters. The van der Waals surface area contributed by atoms with Crippen LogP contribution in [0.2, 0.25) is 0 Å². The molecule has 1 heterocycles. The molecule has 2 fully saturated rings. The summed E-state index contributed by atoms with van der Waals surface area (Å²) in [5.41, 5.74) is 0. The van der Waals surface area contributed by atoms with Crippen LogP contribution in [-0.2, 0) is 14.3 Å². The van der Waals surface area contributed by atoms with Crippen molar-refractivity contribution < 1.29 is 14.3 Å². The molecule has 76 valence electrons. The lowest BCUT2D eigenvalue weighted by molar-refractivity contribution is -0.128. The summed E-state index contributed by atoms with van der Waals surface area (Å²) in [6.45, 7) is 3.69. The van der Waals surface area contributed by atoms with Crippen LogP contribution in [0.5, 0.6) is 0 Å². The molecule has 0 spiro atoms. The molecule has 0 amide bonds. The van der Waals surface area contributed by atoms with E-state index in [9.17, 15) is 4.79 Å². The van der Waals surface area contributed by atoms with Gasteiger partial charge < -0.3 is 9.47 Å². The molecule has 1 aliphatic heterocycles. The first-order chi connectivity index (χ1) is 6.38. The molecule has 0 radical (unpaired) electrons. The molecule has 1 saturated heterocycles. The molecule has 0 bridgehead atoms. The number of fused-ring (bicyclic) bond motifs is 1. The van der Waals surface area contributed by atoms with Crippen LogP contribution in [0.25, 0.3) is 0 Å². The predicted molar refractivity (Wildman–Crippen MR) is 49.4 cm³/mol.